The Morgan fingerprint density at radius 3 is 2.83 bits per heavy atom. The van der Waals surface area contributed by atoms with Crippen LogP contribution in [0.2, 0.25) is 0 Å². The van der Waals surface area contributed by atoms with Gasteiger partial charge in [-0.25, -0.2) is 0 Å². The number of nitrogens with zero attached hydrogens (tertiary/aromatic N) is 1. The first-order valence-corrected chi connectivity index (χ1v) is 8.93. The SMILES string of the molecule is CCCC(=O)NCC1CCCN(C(=O)c2ccccc2OCC)C1. The second-order valence-corrected chi connectivity index (χ2v) is 6.24. The average molecular weight is 332 g/mol. The third-order valence-corrected chi connectivity index (χ3v) is 4.29. The number of para-hydroxylation sites is 1. The lowest BCUT2D eigenvalue weighted by Crippen LogP contribution is -2.43. The van der Waals surface area contributed by atoms with Gasteiger partial charge in [-0.15, -0.1) is 0 Å². The zero-order chi connectivity index (χ0) is 17.4. The third-order valence-electron chi connectivity index (χ3n) is 4.29. The normalized spacial score (nSPS) is 17.4. The van der Waals surface area contributed by atoms with Gasteiger partial charge >= 0.3 is 0 Å². The number of rotatable bonds is 7. The van der Waals surface area contributed by atoms with E-state index in [0.717, 1.165) is 25.8 Å². The summed E-state index contributed by atoms with van der Waals surface area (Å²) in [5.41, 5.74) is 0.620. The minimum atomic E-state index is 0.0173. The number of carbonyl (C=O) groups excluding carboxylic acids is 2. The Morgan fingerprint density at radius 2 is 2.08 bits per heavy atom. The largest absolute Gasteiger partial charge is 0.493 e. The lowest BCUT2D eigenvalue weighted by molar-refractivity contribution is -0.121. The van der Waals surface area contributed by atoms with Crippen LogP contribution in [-0.2, 0) is 4.79 Å². The maximum Gasteiger partial charge on any atom is 0.257 e. The van der Waals surface area contributed by atoms with Gasteiger partial charge in [0.05, 0.1) is 12.2 Å². The summed E-state index contributed by atoms with van der Waals surface area (Å²) in [4.78, 5) is 26.4. The van der Waals surface area contributed by atoms with Crippen molar-refractivity contribution in [2.75, 3.05) is 26.2 Å². The van der Waals surface area contributed by atoms with Crippen LogP contribution in [0.15, 0.2) is 24.3 Å². The predicted molar refractivity (Wildman–Crippen MR) is 94.2 cm³/mol. The topological polar surface area (TPSA) is 58.6 Å². The molecular weight excluding hydrogens is 304 g/mol. The highest BCUT2D eigenvalue weighted by Crippen LogP contribution is 2.23. The fourth-order valence-electron chi connectivity index (χ4n) is 3.08. The van der Waals surface area contributed by atoms with Crippen molar-refractivity contribution in [1.82, 2.24) is 10.2 Å². The van der Waals surface area contributed by atoms with E-state index in [1.807, 2.05) is 43.0 Å². The molecule has 1 aliphatic rings. The second kappa shape index (κ2) is 9.30. The molecule has 1 saturated heterocycles. The average Bonchev–Trinajstić information content (AvgIpc) is 2.61. The lowest BCUT2D eigenvalue weighted by atomic mass is 9.97. The van der Waals surface area contributed by atoms with E-state index < -0.39 is 0 Å². The summed E-state index contributed by atoms with van der Waals surface area (Å²) in [5.74, 6) is 1.08. The van der Waals surface area contributed by atoms with Crippen LogP contribution in [0.1, 0.15) is 49.9 Å². The number of ether oxygens (including phenoxy) is 1. The zero-order valence-corrected chi connectivity index (χ0v) is 14.7. The van der Waals surface area contributed by atoms with Gasteiger partial charge < -0.3 is 15.0 Å². The van der Waals surface area contributed by atoms with Crippen LogP contribution in [0.5, 0.6) is 5.75 Å². The number of piperidine rings is 1. The summed E-state index contributed by atoms with van der Waals surface area (Å²) in [5, 5.41) is 2.98. The molecule has 0 bridgehead atoms. The summed E-state index contributed by atoms with van der Waals surface area (Å²) < 4.78 is 5.58. The van der Waals surface area contributed by atoms with Crippen molar-refractivity contribution in [2.24, 2.45) is 5.92 Å². The minimum absolute atomic E-state index is 0.0173. The van der Waals surface area contributed by atoms with Crippen LogP contribution in [0.3, 0.4) is 0 Å². The Labute approximate surface area is 144 Å². The molecule has 1 aromatic carbocycles. The Balaban J connectivity index is 1.96. The molecule has 1 aliphatic heterocycles. The summed E-state index contributed by atoms with van der Waals surface area (Å²) in [6.45, 7) is 6.55. The van der Waals surface area contributed by atoms with Crippen molar-refractivity contribution in [3.05, 3.63) is 29.8 Å². The molecule has 1 fully saturated rings. The molecular formula is C19H28N2O3. The number of carbonyl (C=O) groups is 2. The molecule has 0 spiro atoms. The molecule has 0 saturated carbocycles. The van der Waals surface area contributed by atoms with Gasteiger partial charge in [0.2, 0.25) is 5.91 Å². The van der Waals surface area contributed by atoms with Gasteiger partial charge in [0.1, 0.15) is 5.75 Å². The third kappa shape index (κ3) is 4.98. The molecule has 1 aromatic rings. The summed E-state index contributed by atoms with van der Waals surface area (Å²) >= 11 is 0. The lowest BCUT2D eigenvalue weighted by Gasteiger charge is -2.33. The van der Waals surface area contributed by atoms with E-state index in [-0.39, 0.29) is 11.8 Å². The molecule has 24 heavy (non-hydrogen) atoms. The molecule has 1 N–H and O–H groups in total. The monoisotopic (exact) mass is 332 g/mol. The van der Waals surface area contributed by atoms with E-state index >= 15 is 0 Å². The van der Waals surface area contributed by atoms with E-state index in [1.165, 1.54) is 0 Å². The van der Waals surface area contributed by atoms with Gasteiger partial charge in [-0.05, 0) is 44.2 Å². The zero-order valence-electron chi connectivity index (χ0n) is 14.7. The van der Waals surface area contributed by atoms with Crippen LogP contribution >= 0.6 is 0 Å². The maximum absolute atomic E-state index is 12.8. The predicted octanol–water partition coefficient (Wildman–Crippen LogP) is 2.85. The second-order valence-electron chi connectivity index (χ2n) is 6.24. The standard InChI is InChI=1S/C19H28N2O3/c1-3-8-18(22)20-13-15-9-7-12-21(14-15)19(23)16-10-5-6-11-17(16)24-4-2/h5-6,10-11,15H,3-4,7-9,12-14H2,1-2H3,(H,20,22). The van der Waals surface area contributed by atoms with Gasteiger partial charge in [0.25, 0.3) is 5.91 Å². The molecule has 1 heterocycles. The van der Waals surface area contributed by atoms with Crippen molar-refractivity contribution in [3.8, 4) is 5.75 Å². The van der Waals surface area contributed by atoms with Crippen LogP contribution < -0.4 is 10.1 Å². The highest BCUT2D eigenvalue weighted by Gasteiger charge is 2.26. The molecule has 132 valence electrons. The number of amides is 2. The Kier molecular flexibility index (Phi) is 7.09. The number of hydrogen-bond acceptors (Lipinski definition) is 3. The van der Waals surface area contributed by atoms with Crippen LogP contribution in [-0.4, -0.2) is 43.0 Å². The van der Waals surface area contributed by atoms with E-state index in [2.05, 4.69) is 5.32 Å². The smallest absolute Gasteiger partial charge is 0.257 e. The highest BCUT2D eigenvalue weighted by molar-refractivity contribution is 5.97. The van der Waals surface area contributed by atoms with E-state index in [1.54, 1.807) is 0 Å². The summed E-state index contributed by atoms with van der Waals surface area (Å²) in [6, 6.07) is 7.40. The van der Waals surface area contributed by atoms with Crippen molar-refractivity contribution >= 4 is 11.8 Å². The molecule has 1 atom stereocenters. The molecule has 5 nitrogen and oxygen atoms in total. The Hall–Kier alpha value is -2.04. The number of hydrogen-bond donors (Lipinski definition) is 1. The van der Waals surface area contributed by atoms with Gasteiger partial charge in [-0.3, -0.25) is 9.59 Å². The Bertz CT molecular complexity index is 559. The first-order valence-electron chi connectivity index (χ1n) is 8.93. The maximum atomic E-state index is 12.8. The first kappa shape index (κ1) is 18.3. The van der Waals surface area contributed by atoms with Crippen LogP contribution in [0, 0.1) is 5.92 Å². The highest BCUT2D eigenvalue weighted by atomic mass is 16.5. The number of benzene rings is 1. The molecule has 5 heteroatoms. The molecule has 2 rings (SSSR count). The molecule has 0 radical (unpaired) electrons. The number of likely N-dealkylation sites (tertiary alicyclic amines) is 1. The van der Waals surface area contributed by atoms with E-state index in [4.69, 9.17) is 4.74 Å². The van der Waals surface area contributed by atoms with Gasteiger partial charge in [-0.1, -0.05) is 19.1 Å². The van der Waals surface area contributed by atoms with Crippen molar-refractivity contribution in [3.63, 3.8) is 0 Å². The van der Waals surface area contributed by atoms with Gasteiger partial charge in [0.15, 0.2) is 0 Å². The van der Waals surface area contributed by atoms with E-state index in [0.29, 0.717) is 43.3 Å². The molecule has 1 unspecified atom stereocenters. The van der Waals surface area contributed by atoms with Gasteiger partial charge in [-0.2, -0.15) is 0 Å². The minimum Gasteiger partial charge on any atom is -0.493 e. The first-order chi connectivity index (χ1) is 11.7. The number of nitrogens with one attached hydrogen (secondary N) is 1. The molecule has 0 aliphatic carbocycles. The van der Waals surface area contributed by atoms with E-state index in [9.17, 15) is 9.59 Å². The van der Waals surface area contributed by atoms with Crippen LogP contribution in [0.25, 0.3) is 0 Å². The molecule has 2 amide bonds. The van der Waals surface area contributed by atoms with Crippen molar-refractivity contribution in [2.45, 2.75) is 39.5 Å². The quantitative estimate of drug-likeness (QED) is 0.835. The fraction of sp³-hybridized carbons (Fsp3) is 0.579. The molecule has 0 aromatic heterocycles. The fourth-order valence-corrected chi connectivity index (χ4v) is 3.08. The van der Waals surface area contributed by atoms with Gasteiger partial charge in [0, 0.05) is 26.1 Å². The van der Waals surface area contributed by atoms with Crippen molar-refractivity contribution < 1.29 is 14.3 Å². The van der Waals surface area contributed by atoms with Crippen molar-refractivity contribution in [1.29, 1.82) is 0 Å². The Morgan fingerprint density at radius 1 is 1.29 bits per heavy atom. The van der Waals surface area contributed by atoms with Crippen LogP contribution in [0.4, 0.5) is 0 Å². The summed E-state index contributed by atoms with van der Waals surface area (Å²) in [6.07, 6.45) is 3.44. The summed E-state index contributed by atoms with van der Waals surface area (Å²) in [7, 11) is 0.